The van der Waals surface area contributed by atoms with E-state index < -0.39 is 12.3 Å². The number of rotatable bonds is 6. The minimum Gasteiger partial charge on any atom is -0.316 e. The molecule has 2 rings (SSSR count). The van der Waals surface area contributed by atoms with Gasteiger partial charge in [0.2, 0.25) is 0 Å². The molecule has 0 bridgehead atoms. The maximum atomic E-state index is 13.6. The first-order valence-electron chi connectivity index (χ1n) is 9.10. The minimum atomic E-state index is -1.20. The van der Waals surface area contributed by atoms with E-state index in [2.05, 4.69) is 19.2 Å². The highest BCUT2D eigenvalue weighted by Gasteiger charge is 2.36. The van der Waals surface area contributed by atoms with Gasteiger partial charge in [0.1, 0.15) is 12.3 Å². The van der Waals surface area contributed by atoms with Crippen LogP contribution in [0.15, 0.2) is 0 Å². The summed E-state index contributed by atoms with van der Waals surface area (Å²) in [7, 11) is 0. The zero-order valence-corrected chi connectivity index (χ0v) is 13.8. The molecule has 0 aromatic carbocycles. The summed E-state index contributed by atoms with van der Waals surface area (Å²) < 4.78 is 26.8. The van der Waals surface area contributed by atoms with Gasteiger partial charge in [-0.1, -0.05) is 13.8 Å². The van der Waals surface area contributed by atoms with Crippen molar-refractivity contribution < 1.29 is 8.78 Å². The van der Waals surface area contributed by atoms with Crippen molar-refractivity contribution >= 4 is 0 Å². The van der Waals surface area contributed by atoms with Crippen LogP contribution in [-0.2, 0) is 0 Å². The lowest BCUT2D eigenvalue weighted by molar-refractivity contribution is 0.0514. The first kappa shape index (κ1) is 17.2. The van der Waals surface area contributed by atoms with Crippen molar-refractivity contribution in [1.82, 2.24) is 5.32 Å². The van der Waals surface area contributed by atoms with Gasteiger partial charge in [-0.25, -0.2) is 8.78 Å². The SMILES string of the molecule is CCCNCC(C)C1CCC(C2CCC(F)C(F)C2)CC1. The molecule has 0 radical (unpaired) electrons. The second-order valence-electron chi connectivity index (χ2n) is 7.46. The molecule has 4 atom stereocenters. The van der Waals surface area contributed by atoms with E-state index in [4.69, 9.17) is 0 Å². The molecule has 124 valence electrons. The van der Waals surface area contributed by atoms with Gasteiger partial charge in [0.05, 0.1) is 0 Å². The predicted octanol–water partition coefficient (Wildman–Crippen LogP) is 4.90. The van der Waals surface area contributed by atoms with Crippen molar-refractivity contribution in [2.75, 3.05) is 13.1 Å². The van der Waals surface area contributed by atoms with Gasteiger partial charge in [-0.05, 0) is 88.1 Å². The lowest BCUT2D eigenvalue weighted by atomic mass is 9.68. The van der Waals surface area contributed by atoms with Crippen LogP contribution in [0.2, 0.25) is 0 Å². The van der Waals surface area contributed by atoms with Gasteiger partial charge in [-0.3, -0.25) is 0 Å². The lowest BCUT2D eigenvalue weighted by Gasteiger charge is -2.39. The maximum absolute atomic E-state index is 13.6. The van der Waals surface area contributed by atoms with Gasteiger partial charge in [0.15, 0.2) is 0 Å². The molecule has 0 heterocycles. The van der Waals surface area contributed by atoms with Crippen LogP contribution < -0.4 is 5.32 Å². The zero-order chi connectivity index (χ0) is 15.2. The Morgan fingerprint density at radius 3 is 2.24 bits per heavy atom. The number of hydrogen-bond acceptors (Lipinski definition) is 1. The van der Waals surface area contributed by atoms with Gasteiger partial charge < -0.3 is 5.32 Å². The Hall–Kier alpha value is -0.180. The highest BCUT2D eigenvalue weighted by atomic mass is 19.2. The zero-order valence-electron chi connectivity index (χ0n) is 13.8. The molecule has 0 aromatic rings. The van der Waals surface area contributed by atoms with E-state index in [1.165, 1.54) is 32.1 Å². The number of halogens is 2. The summed E-state index contributed by atoms with van der Waals surface area (Å²) in [5.74, 6) is 2.67. The Morgan fingerprint density at radius 1 is 0.952 bits per heavy atom. The van der Waals surface area contributed by atoms with Crippen molar-refractivity contribution in [1.29, 1.82) is 0 Å². The Bertz CT molecular complexity index is 289. The third-order valence-corrected chi connectivity index (χ3v) is 5.91. The molecule has 1 N–H and O–H groups in total. The third-order valence-electron chi connectivity index (χ3n) is 5.91. The van der Waals surface area contributed by atoms with Crippen molar-refractivity contribution in [2.24, 2.45) is 23.7 Å². The van der Waals surface area contributed by atoms with Gasteiger partial charge in [0.25, 0.3) is 0 Å². The summed E-state index contributed by atoms with van der Waals surface area (Å²) >= 11 is 0. The van der Waals surface area contributed by atoms with E-state index in [1.54, 1.807) is 0 Å². The van der Waals surface area contributed by atoms with E-state index in [0.29, 0.717) is 24.7 Å². The van der Waals surface area contributed by atoms with Crippen LogP contribution in [-0.4, -0.2) is 25.4 Å². The molecule has 0 aliphatic heterocycles. The van der Waals surface area contributed by atoms with Crippen LogP contribution >= 0.6 is 0 Å². The van der Waals surface area contributed by atoms with Crippen LogP contribution in [0.5, 0.6) is 0 Å². The smallest absolute Gasteiger partial charge is 0.131 e. The summed E-state index contributed by atoms with van der Waals surface area (Å²) in [5.41, 5.74) is 0. The highest BCUT2D eigenvalue weighted by molar-refractivity contribution is 4.87. The number of alkyl halides is 2. The highest BCUT2D eigenvalue weighted by Crippen LogP contribution is 2.42. The molecule has 1 nitrogen and oxygen atoms in total. The van der Waals surface area contributed by atoms with Crippen LogP contribution in [0.4, 0.5) is 8.78 Å². The first-order chi connectivity index (χ1) is 10.1. The lowest BCUT2D eigenvalue weighted by Crippen LogP contribution is -2.34. The van der Waals surface area contributed by atoms with E-state index in [0.717, 1.165) is 31.3 Å². The van der Waals surface area contributed by atoms with Gasteiger partial charge in [0, 0.05) is 0 Å². The third kappa shape index (κ3) is 4.91. The van der Waals surface area contributed by atoms with Gasteiger partial charge in [-0.15, -0.1) is 0 Å². The molecular weight excluding hydrogens is 268 g/mol. The Kier molecular flexibility index (Phi) is 6.91. The van der Waals surface area contributed by atoms with E-state index >= 15 is 0 Å². The summed E-state index contributed by atoms with van der Waals surface area (Å²) in [4.78, 5) is 0. The second-order valence-corrected chi connectivity index (χ2v) is 7.46. The van der Waals surface area contributed by atoms with Crippen molar-refractivity contribution in [3.63, 3.8) is 0 Å². The molecule has 0 spiro atoms. The Morgan fingerprint density at radius 2 is 1.62 bits per heavy atom. The van der Waals surface area contributed by atoms with Crippen LogP contribution in [0.25, 0.3) is 0 Å². The average molecular weight is 301 g/mol. The monoisotopic (exact) mass is 301 g/mol. The van der Waals surface area contributed by atoms with E-state index in [9.17, 15) is 8.78 Å². The number of nitrogens with one attached hydrogen (secondary N) is 1. The molecule has 0 amide bonds. The van der Waals surface area contributed by atoms with Crippen LogP contribution in [0, 0.1) is 23.7 Å². The average Bonchev–Trinajstić information content (AvgIpc) is 2.50. The molecule has 2 fully saturated rings. The topological polar surface area (TPSA) is 12.0 Å². The molecule has 0 saturated heterocycles. The molecule has 21 heavy (non-hydrogen) atoms. The Balaban J connectivity index is 1.70. The summed E-state index contributed by atoms with van der Waals surface area (Å²) in [6.45, 7) is 6.81. The van der Waals surface area contributed by atoms with Gasteiger partial charge in [-0.2, -0.15) is 0 Å². The molecule has 2 aliphatic rings. The normalized spacial score (nSPS) is 39.1. The quantitative estimate of drug-likeness (QED) is 0.688. The molecule has 0 aromatic heterocycles. The fourth-order valence-electron chi connectivity index (χ4n) is 4.40. The minimum absolute atomic E-state index is 0.446. The van der Waals surface area contributed by atoms with Crippen molar-refractivity contribution in [2.45, 2.75) is 77.6 Å². The van der Waals surface area contributed by atoms with Crippen molar-refractivity contribution in [3.8, 4) is 0 Å². The molecule has 2 aliphatic carbocycles. The first-order valence-corrected chi connectivity index (χ1v) is 9.10. The fourth-order valence-corrected chi connectivity index (χ4v) is 4.40. The largest absolute Gasteiger partial charge is 0.316 e. The second kappa shape index (κ2) is 8.45. The van der Waals surface area contributed by atoms with E-state index in [-0.39, 0.29) is 0 Å². The van der Waals surface area contributed by atoms with Crippen molar-refractivity contribution in [3.05, 3.63) is 0 Å². The molecule has 4 unspecified atom stereocenters. The molecular formula is C18H33F2N. The fraction of sp³-hybridized carbons (Fsp3) is 1.00. The van der Waals surface area contributed by atoms with E-state index in [1.807, 2.05) is 0 Å². The molecule has 2 saturated carbocycles. The Labute approximate surface area is 129 Å². The standard InChI is InChI=1S/C18H33F2N/c1-3-10-21-12-13(2)14-4-6-15(7-5-14)16-8-9-17(19)18(20)11-16/h13-18,21H,3-12H2,1-2H3. The maximum Gasteiger partial charge on any atom is 0.131 e. The summed E-state index contributed by atoms with van der Waals surface area (Å²) in [6, 6.07) is 0. The summed E-state index contributed by atoms with van der Waals surface area (Å²) in [6.07, 6.45) is 5.67. The van der Waals surface area contributed by atoms with Crippen LogP contribution in [0.3, 0.4) is 0 Å². The van der Waals surface area contributed by atoms with Crippen LogP contribution in [0.1, 0.15) is 65.2 Å². The summed E-state index contributed by atoms with van der Waals surface area (Å²) in [5, 5.41) is 3.53. The van der Waals surface area contributed by atoms with Gasteiger partial charge >= 0.3 is 0 Å². The molecule has 3 heteroatoms. The predicted molar refractivity (Wildman–Crippen MR) is 84.9 cm³/mol. The number of hydrogen-bond donors (Lipinski definition) is 1.